The van der Waals surface area contributed by atoms with E-state index in [9.17, 15) is 4.79 Å². The number of rotatable bonds is 7. The lowest BCUT2D eigenvalue weighted by Gasteiger charge is -2.31. The van der Waals surface area contributed by atoms with E-state index in [-0.39, 0.29) is 11.3 Å². The Hall–Kier alpha value is -3.21. The molecule has 0 spiro atoms. The number of pyridine rings is 1. The number of allylic oxidation sites excluding steroid dienone is 2. The fraction of sp³-hybridized carbons (Fsp3) is 0.393. The third kappa shape index (κ3) is 5.41. The molecule has 2 heterocycles. The van der Waals surface area contributed by atoms with Gasteiger partial charge < -0.3 is 10.3 Å². The van der Waals surface area contributed by atoms with E-state index in [4.69, 9.17) is 0 Å². The highest BCUT2D eigenvalue weighted by Gasteiger charge is 2.26. The number of ketones is 1. The molecule has 5 nitrogen and oxygen atoms in total. The monoisotopic (exact) mass is 442 g/mol. The predicted octanol–water partition coefficient (Wildman–Crippen LogP) is 6.48. The molecule has 0 bridgehead atoms. The Kier molecular flexibility index (Phi) is 6.24. The van der Waals surface area contributed by atoms with Gasteiger partial charge in [0.25, 0.3) is 0 Å². The summed E-state index contributed by atoms with van der Waals surface area (Å²) in [6.45, 7) is 10.9. The van der Waals surface area contributed by atoms with E-state index in [1.165, 1.54) is 16.7 Å². The molecule has 0 saturated carbocycles. The maximum absolute atomic E-state index is 13.0. The number of nitrogens with one attached hydrogen (secondary N) is 2. The summed E-state index contributed by atoms with van der Waals surface area (Å²) in [6.07, 6.45) is 9.41. The Morgan fingerprint density at radius 3 is 2.64 bits per heavy atom. The zero-order chi connectivity index (χ0) is 23.6. The summed E-state index contributed by atoms with van der Waals surface area (Å²) < 4.78 is 0. The Morgan fingerprint density at radius 2 is 2.00 bits per heavy atom. The second-order valence-electron chi connectivity index (χ2n) is 10.4. The molecule has 1 aliphatic carbocycles. The Morgan fingerprint density at radius 1 is 1.18 bits per heavy atom. The van der Waals surface area contributed by atoms with Crippen molar-refractivity contribution >= 4 is 17.2 Å². The fourth-order valence-electron chi connectivity index (χ4n) is 4.38. The van der Waals surface area contributed by atoms with Crippen molar-refractivity contribution in [2.45, 2.75) is 65.8 Å². The number of hydrogen-bond donors (Lipinski definition) is 2. The number of aromatic amines is 1. The van der Waals surface area contributed by atoms with Crippen LogP contribution < -0.4 is 5.32 Å². The van der Waals surface area contributed by atoms with Crippen molar-refractivity contribution in [2.24, 2.45) is 5.41 Å². The summed E-state index contributed by atoms with van der Waals surface area (Å²) in [6, 6.07) is 12.4. The van der Waals surface area contributed by atoms with Crippen LogP contribution in [0, 0.1) is 12.3 Å². The van der Waals surface area contributed by atoms with Gasteiger partial charge in [-0.1, -0.05) is 38.1 Å². The van der Waals surface area contributed by atoms with E-state index < -0.39 is 0 Å². The molecule has 33 heavy (non-hydrogen) atoms. The lowest BCUT2D eigenvalue weighted by molar-refractivity contribution is 0.0983. The first kappa shape index (κ1) is 23.0. The molecule has 2 aromatic heterocycles. The summed E-state index contributed by atoms with van der Waals surface area (Å²) in [5, 5.41) is 3.55. The van der Waals surface area contributed by atoms with E-state index in [0.717, 1.165) is 36.3 Å². The van der Waals surface area contributed by atoms with Crippen molar-refractivity contribution in [3.63, 3.8) is 0 Å². The lowest BCUT2D eigenvalue weighted by atomic mass is 9.75. The van der Waals surface area contributed by atoms with Gasteiger partial charge in [-0.2, -0.15) is 0 Å². The normalized spacial score (nSPS) is 15.7. The van der Waals surface area contributed by atoms with E-state index in [0.29, 0.717) is 17.7 Å². The number of benzene rings is 1. The smallest absolute Gasteiger partial charge is 0.202 e. The number of anilines is 1. The number of nitrogens with zero attached hydrogens (tertiary/aromatic N) is 2. The topological polar surface area (TPSA) is 70.7 Å². The van der Waals surface area contributed by atoms with Gasteiger partial charge in [0.05, 0.1) is 5.54 Å². The van der Waals surface area contributed by atoms with Crippen molar-refractivity contribution in [3.8, 4) is 0 Å². The third-order valence-corrected chi connectivity index (χ3v) is 6.57. The van der Waals surface area contributed by atoms with Crippen LogP contribution in [0.25, 0.3) is 5.57 Å². The molecule has 0 fully saturated rings. The van der Waals surface area contributed by atoms with Gasteiger partial charge in [-0.25, -0.2) is 9.97 Å². The molecule has 0 saturated heterocycles. The molecule has 0 atom stereocenters. The van der Waals surface area contributed by atoms with Crippen LogP contribution in [0.1, 0.15) is 80.0 Å². The van der Waals surface area contributed by atoms with Gasteiger partial charge in [0.2, 0.25) is 5.78 Å². The second kappa shape index (κ2) is 8.97. The van der Waals surface area contributed by atoms with Crippen LogP contribution in [0.15, 0.2) is 54.9 Å². The lowest BCUT2D eigenvalue weighted by Crippen LogP contribution is -2.28. The predicted molar refractivity (Wildman–Crippen MR) is 134 cm³/mol. The van der Waals surface area contributed by atoms with Crippen LogP contribution in [0.4, 0.5) is 5.82 Å². The van der Waals surface area contributed by atoms with Crippen LogP contribution in [-0.4, -0.2) is 20.7 Å². The number of aromatic nitrogens is 3. The van der Waals surface area contributed by atoms with Crippen LogP contribution in [0.2, 0.25) is 0 Å². The van der Waals surface area contributed by atoms with Gasteiger partial charge in [0, 0.05) is 24.5 Å². The van der Waals surface area contributed by atoms with Crippen molar-refractivity contribution in [1.29, 1.82) is 0 Å². The number of hydrogen-bond acceptors (Lipinski definition) is 4. The van der Waals surface area contributed by atoms with Gasteiger partial charge in [-0.05, 0) is 85.9 Å². The summed E-state index contributed by atoms with van der Waals surface area (Å²) in [7, 11) is 0. The third-order valence-electron chi connectivity index (χ3n) is 6.57. The molecule has 1 aliphatic rings. The van der Waals surface area contributed by atoms with Crippen LogP contribution >= 0.6 is 0 Å². The minimum absolute atomic E-state index is 0.0136. The maximum Gasteiger partial charge on any atom is 0.202 e. The van der Waals surface area contributed by atoms with E-state index in [2.05, 4.69) is 72.2 Å². The number of carbonyl (C=O) groups excluding carboxylic acids is 1. The molecule has 0 amide bonds. The molecule has 5 heteroatoms. The first-order valence-corrected chi connectivity index (χ1v) is 11.7. The Balaban J connectivity index is 1.69. The minimum Gasteiger partial charge on any atom is -0.361 e. The molecule has 2 N–H and O–H groups in total. The molecule has 3 aromatic rings. The fourth-order valence-corrected chi connectivity index (χ4v) is 4.38. The second-order valence-corrected chi connectivity index (χ2v) is 10.4. The molecule has 0 radical (unpaired) electrons. The Labute approximate surface area is 196 Å². The van der Waals surface area contributed by atoms with E-state index >= 15 is 0 Å². The summed E-state index contributed by atoms with van der Waals surface area (Å²) >= 11 is 0. The van der Waals surface area contributed by atoms with Crippen LogP contribution in [0.3, 0.4) is 0 Å². The molecule has 0 aliphatic heterocycles. The average molecular weight is 443 g/mol. The van der Waals surface area contributed by atoms with Crippen LogP contribution in [-0.2, 0) is 12.0 Å². The SMILES string of the molecule is Cc1cnc(C(=O)Cc2ccc(C(C)(C)Nc3ccccn3)cc2C2=CCC(C)(C)CC2)[nH]1. The highest BCUT2D eigenvalue weighted by Crippen LogP contribution is 2.40. The first-order valence-electron chi connectivity index (χ1n) is 11.7. The highest BCUT2D eigenvalue weighted by atomic mass is 16.1. The zero-order valence-corrected chi connectivity index (χ0v) is 20.3. The van der Waals surface area contributed by atoms with Crippen molar-refractivity contribution in [2.75, 3.05) is 5.32 Å². The van der Waals surface area contributed by atoms with E-state index in [1.54, 1.807) is 12.4 Å². The molecular weight excluding hydrogens is 408 g/mol. The first-order chi connectivity index (χ1) is 15.6. The molecule has 1 aromatic carbocycles. The minimum atomic E-state index is -0.321. The quantitative estimate of drug-likeness (QED) is 0.411. The van der Waals surface area contributed by atoms with Gasteiger partial charge in [-0.3, -0.25) is 4.79 Å². The maximum atomic E-state index is 13.0. The molecule has 0 unspecified atom stereocenters. The summed E-state index contributed by atoms with van der Waals surface area (Å²) in [5.41, 5.74) is 5.63. The van der Waals surface area contributed by atoms with Gasteiger partial charge in [0.1, 0.15) is 5.82 Å². The Bertz CT molecular complexity index is 1170. The van der Waals surface area contributed by atoms with Crippen molar-refractivity contribution < 1.29 is 4.79 Å². The zero-order valence-electron chi connectivity index (χ0n) is 20.3. The molecular formula is C28H34N4O. The summed E-state index contributed by atoms with van der Waals surface area (Å²) in [4.78, 5) is 24.7. The van der Waals surface area contributed by atoms with Crippen molar-refractivity contribution in [3.05, 3.63) is 83.1 Å². The number of Topliss-reactive ketones (excluding diaryl/α,β-unsaturated/α-hetero) is 1. The molecule has 4 rings (SSSR count). The standard InChI is InChI=1S/C28H34N4O/c1-19-18-30-26(31-19)24(33)16-21-9-10-22(28(4,5)32-25-8-6-7-15-29-25)17-23(21)20-11-13-27(2,3)14-12-20/h6-11,15,17-18H,12-14,16H2,1-5H3,(H,29,32)(H,30,31). The largest absolute Gasteiger partial charge is 0.361 e. The molecule has 172 valence electrons. The number of aryl methyl sites for hydroxylation is 1. The van der Waals surface area contributed by atoms with Gasteiger partial charge in [0.15, 0.2) is 5.82 Å². The average Bonchev–Trinajstić information content (AvgIpc) is 3.21. The van der Waals surface area contributed by atoms with Crippen molar-refractivity contribution in [1.82, 2.24) is 15.0 Å². The number of H-pyrrole nitrogens is 1. The summed E-state index contributed by atoms with van der Waals surface area (Å²) in [5.74, 6) is 1.29. The van der Waals surface area contributed by atoms with Gasteiger partial charge >= 0.3 is 0 Å². The number of imidazole rings is 1. The number of carbonyl (C=O) groups is 1. The van der Waals surface area contributed by atoms with Gasteiger partial charge in [-0.15, -0.1) is 0 Å². The highest BCUT2D eigenvalue weighted by molar-refractivity contribution is 5.95. The van der Waals surface area contributed by atoms with E-state index in [1.807, 2.05) is 25.1 Å². The van der Waals surface area contributed by atoms with Crippen LogP contribution in [0.5, 0.6) is 0 Å².